The van der Waals surface area contributed by atoms with Crippen LogP contribution in [0.3, 0.4) is 0 Å². The third-order valence-electron chi connectivity index (χ3n) is 3.45. The lowest BCUT2D eigenvalue weighted by Crippen LogP contribution is -2.52. The zero-order valence-corrected chi connectivity index (χ0v) is 14.7. The summed E-state index contributed by atoms with van der Waals surface area (Å²) < 4.78 is 6.77. The third-order valence-corrected chi connectivity index (χ3v) is 4.85. The molecule has 1 aromatic heterocycles. The van der Waals surface area contributed by atoms with Crippen LogP contribution in [0.15, 0.2) is 28.2 Å². The highest BCUT2D eigenvalue weighted by Crippen LogP contribution is 2.30. The minimum Gasteiger partial charge on any atom is -0.369 e. The Labute approximate surface area is 137 Å². The number of nitrogens with zero attached hydrogens (tertiary/aromatic N) is 3. The lowest BCUT2D eigenvalue weighted by atomic mass is 10.0. The van der Waals surface area contributed by atoms with E-state index in [4.69, 9.17) is 4.74 Å². The average molecular weight is 368 g/mol. The highest BCUT2D eigenvalue weighted by Gasteiger charge is 2.31. The van der Waals surface area contributed by atoms with E-state index in [0.717, 1.165) is 27.6 Å². The first-order valence-electron chi connectivity index (χ1n) is 6.95. The van der Waals surface area contributed by atoms with Crippen LogP contribution in [0.25, 0.3) is 10.6 Å². The number of aromatic nitrogens is 2. The van der Waals surface area contributed by atoms with Crippen LogP contribution in [-0.2, 0) is 4.74 Å². The first kappa shape index (κ1) is 14.9. The van der Waals surface area contributed by atoms with Gasteiger partial charge in [-0.25, -0.2) is 0 Å². The standard InChI is InChI=1S/C15H18BrN3OS/c1-10-8-19(9-15(2,3)20-10)12-6-4-11(5-7-12)13-17-18-14(16)21-13/h4-7,10H,8-9H2,1-3H3/t10-/m0/s1. The van der Waals surface area contributed by atoms with Gasteiger partial charge in [-0.3, -0.25) is 0 Å². The predicted molar refractivity (Wildman–Crippen MR) is 89.9 cm³/mol. The van der Waals surface area contributed by atoms with Crippen LogP contribution >= 0.6 is 27.3 Å². The van der Waals surface area contributed by atoms with E-state index in [9.17, 15) is 0 Å². The van der Waals surface area contributed by atoms with Gasteiger partial charge >= 0.3 is 0 Å². The molecule has 0 bridgehead atoms. The van der Waals surface area contributed by atoms with Crippen LogP contribution < -0.4 is 4.90 Å². The molecule has 1 fully saturated rings. The summed E-state index contributed by atoms with van der Waals surface area (Å²) in [7, 11) is 0. The Morgan fingerprint density at radius 1 is 1.29 bits per heavy atom. The molecule has 2 aromatic rings. The second kappa shape index (κ2) is 5.66. The lowest BCUT2D eigenvalue weighted by molar-refractivity contribution is -0.0749. The van der Waals surface area contributed by atoms with Crippen LogP contribution in [-0.4, -0.2) is 35.0 Å². The van der Waals surface area contributed by atoms with Gasteiger partial charge in [0.25, 0.3) is 0 Å². The molecule has 3 rings (SSSR count). The molecule has 112 valence electrons. The van der Waals surface area contributed by atoms with Gasteiger partial charge in [-0.05, 0) is 61.0 Å². The molecule has 1 aromatic carbocycles. The van der Waals surface area contributed by atoms with Crippen LogP contribution in [0.2, 0.25) is 0 Å². The molecule has 6 heteroatoms. The number of anilines is 1. The topological polar surface area (TPSA) is 38.2 Å². The average Bonchev–Trinajstić information content (AvgIpc) is 2.83. The second-order valence-electron chi connectivity index (χ2n) is 5.98. The van der Waals surface area contributed by atoms with E-state index < -0.39 is 0 Å². The first-order chi connectivity index (χ1) is 9.93. The molecule has 0 radical (unpaired) electrons. The molecule has 0 spiro atoms. The van der Waals surface area contributed by atoms with Crippen molar-refractivity contribution in [1.82, 2.24) is 10.2 Å². The normalized spacial score (nSPS) is 21.5. The van der Waals surface area contributed by atoms with Crippen molar-refractivity contribution in [2.75, 3.05) is 18.0 Å². The molecule has 0 aliphatic carbocycles. The van der Waals surface area contributed by atoms with Crippen molar-refractivity contribution in [2.24, 2.45) is 0 Å². The van der Waals surface area contributed by atoms with Crippen molar-refractivity contribution in [3.63, 3.8) is 0 Å². The number of hydrogen-bond donors (Lipinski definition) is 0. The van der Waals surface area contributed by atoms with Gasteiger partial charge in [0.15, 0.2) is 3.92 Å². The van der Waals surface area contributed by atoms with E-state index in [1.807, 2.05) is 0 Å². The van der Waals surface area contributed by atoms with Crippen LogP contribution in [0.4, 0.5) is 5.69 Å². The number of hydrogen-bond acceptors (Lipinski definition) is 5. The van der Waals surface area contributed by atoms with Gasteiger partial charge in [-0.1, -0.05) is 11.3 Å². The third kappa shape index (κ3) is 3.44. The summed E-state index contributed by atoms with van der Waals surface area (Å²) in [5, 5.41) is 9.08. The lowest BCUT2D eigenvalue weighted by Gasteiger charge is -2.43. The minimum absolute atomic E-state index is 0.111. The van der Waals surface area contributed by atoms with Crippen LogP contribution in [0, 0.1) is 0 Å². The molecule has 4 nitrogen and oxygen atoms in total. The smallest absolute Gasteiger partial charge is 0.183 e. The summed E-state index contributed by atoms with van der Waals surface area (Å²) in [5.74, 6) is 0. The van der Waals surface area contributed by atoms with E-state index in [0.29, 0.717) is 0 Å². The summed E-state index contributed by atoms with van der Waals surface area (Å²) in [6.07, 6.45) is 0.243. The molecule has 1 saturated heterocycles. The van der Waals surface area contributed by atoms with E-state index in [1.165, 1.54) is 5.69 Å². The molecular weight excluding hydrogens is 350 g/mol. The van der Waals surface area contributed by atoms with Crippen LogP contribution in [0.5, 0.6) is 0 Å². The van der Waals surface area contributed by atoms with E-state index in [2.05, 4.69) is 76.1 Å². The monoisotopic (exact) mass is 367 g/mol. The SMILES string of the molecule is C[C@H]1CN(c2ccc(-c3nnc(Br)s3)cc2)CC(C)(C)O1. The van der Waals surface area contributed by atoms with Crippen molar-refractivity contribution in [1.29, 1.82) is 0 Å². The second-order valence-corrected chi connectivity index (χ2v) is 8.23. The number of benzene rings is 1. The molecule has 21 heavy (non-hydrogen) atoms. The Balaban J connectivity index is 1.81. The fourth-order valence-corrected chi connectivity index (χ4v) is 3.90. The van der Waals surface area contributed by atoms with Gasteiger partial charge < -0.3 is 9.64 Å². The van der Waals surface area contributed by atoms with Gasteiger partial charge in [0.1, 0.15) is 5.01 Å². The van der Waals surface area contributed by atoms with Crippen LogP contribution in [0.1, 0.15) is 20.8 Å². The number of rotatable bonds is 2. The highest BCUT2D eigenvalue weighted by molar-refractivity contribution is 9.11. The maximum Gasteiger partial charge on any atom is 0.183 e. The van der Waals surface area contributed by atoms with Gasteiger partial charge in [-0.2, -0.15) is 0 Å². The molecule has 0 unspecified atom stereocenters. The number of halogens is 1. The van der Waals surface area contributed by atoms with Crippen molar-refractivity contribution in [3.8, 4) is 10.6 Å². The van der Waals surface area contributed by atoms with Crippen molar-refractivity contribution in [3.05, 3.63) is 28.2 Å². The Kier molecular flexibility index (Phi) is 4.03. The molecule has 2 heterocycles. The van der Waals surface area contributed by atoms with Gasteiger partial charge in [0, 0.05) is 24.3 Å². The van der Waals surface area contributed by atoms with E-state index in [1.54, 1.807) is 11.3 Å². The van der Waals surface area contributed by atoms with Crippen molar-refractivity contribution in [2.45, 2.75) is 32.5 Å². The zero-order valence-electron chi connectivity index (χ0n) is 12.3. The Hall–Kier alpha value is -0.980. The zero-order chi connectivity index (χ0) is 15.0. The van der Waals surface area contributed by atoms with E-state index >= 15 is 0 Å². The summed E-state index contributed by atoms with van der Waals surface area (Å²) in [5.41, 5.74) is 2.22. The summed E-state index contributed by atoms with van der Waals surface area (Å²) in [6.45, 7) is 8.24. The quantitative estimate of drug-likeness (QED) is 0.804. The number of ether oxygens (including phenoxy) is 1. The fraction of sp³-hybridized carbons (Fsp3) is 0.467. The summed E-state index contributed by atoms with van der Waals surface area (Å²) in [6, 6.07) is 8.52. The van der Waals surface area contributed by atoms with Gasteiger partial charge in [-0.15, -0.1) is 10.2 Å². The highest BCUT2D eigenvalue weighted by atomic mass is 79.9. The molecule has 0 amide bonds. The predicted octanol–water partition coefficient (Wildman–Crippen LogP) is 3.97. The van der Waals surface area contributed by atoms with Crippen molar-refractivity contribution < 1.29 is 4.74 Å². The van der Waals surface area contributed by atoms with Gasteiger partial charge in [0.05, 0.1) is 11.7 Å². The largest absolute Gasteiger partial charge is 0.369 e. The van der Waals surface area contributed by atoms with Gasteiger partial charge in [0.2, 0.25) is 0 Å². The number of morpholine rings is 1. The van der Waals surface area contributed by atoms with Crippen molar-refractivity contribution >= 4 is 33.0 Å². The maximum absolute atomic E-state index is 5.96. The molecule has 1 aliphatic rings. The first-order valence-corrected chi connectivity index (χ1v) is 8.56. The Bertz CT molecular complexity index is 626. The Morgan fingerprint density at radius 2 is 2.00 bits per heavy atom. The Morgan fingerprint density at radius 3 is 2.57 bits per heavy atom. The molecule has 0 saturated carbocycles. The van der Waals surface area contributed by atoms with E-state index in [-0.39, 0.29) is 11.7 Å². The molecule has 0 N–H and O–H groups in total. The maximum atomic E-state index is 5.96. The molecular formula is C15H18BrN3OS. The fourth-order valence-electron chi connectivity index (χ4n) is 2.79. The summed E-state index contributed by atoms with van der Waals surface area (Å²) in [4.78, 5) is 2.38. The minimum atomic E-state index is -0.111. The summed E-state index contributed by atoms with van der Waals surface area (Å²) >= 11 is 4.89. The molecule has 1 aliphatic heterocycles. The molecule has 1 atom stereocenters.